The minimum absolute atomic E-state index is 0.0554. The number of aromatic carboxylic acids is 1. The summed E-state index contributed by atoms with van der Waals surface area (Å²) in [6, 6.07) is 12.1. The van der Waals surface area contributed by atoms with Crippen molar-refractivity contribution in [2.45, 2.75) is 12.6 Å². The van der Waals surface area contributed by atoms with Gasteiger partial charge in [0.1, 0.15) is 0 Å². The van der Waals surface area contributed by atoms with Crippen molar-refractivity contribution in [3.8, 4) is 11.3 Å². The van der Waals surface area contributed by atoms with Gasteiger partial charge in [0, 0.05) is 43.2 Å². The second kappa shape index (κ2) is 10.8. The Balaban J connectivity index is 0.000000454. The van der Waals surface area contributed by atoms with E-state index in [2.05, 4.69) is 27.0 Å². The number of anilines is 1. The Kier molecular flexibility index (Phi) is 7.77. The highest BCUT2D eigenvalue weighted by atomic mass is 19.4. The molecule has 4 rings (SSSR count). The predicted octanol–water partition coefficient (Wildman–Crippen LogP) is 4.15. The van der Waals surface area contributed by atoms with E-state index in [1.54, 1.807) is 36.6 Å². The van der Waals surface area contributed by atoms with Gasteiger partial charge in [-0.3, -0.25) is 14.8 Å². The molecular formula is C24H22F3N5O4. The Hall–Kier alpha value is -4.61. The van der Waals surface area contributed by atoms with Crippen molar-refractivity contribution in [2.75, 3.05) is 18.6 Å². The number of aromatic amines is 1. The average molecular weight is 501 g/mol. The molecule has 0 aliphatic carbocycles. The molecule has 36 heavy (non-hydrogen) atoms. The number of carbonyl (C=O) groups excluding carboxylic acids is 1. The highest BCUT2D eigenvalue weighted by molar-refractivity contribution is 5.98. The summed E-state index contributed by atoms with van der Waals surface area (Å²) in [6.07, 6.45) is -0.533. The standard InChI is InChI=1S/C21H19N5O3.C3H3F3O/c1-26(16-4-2-13(3-5-16)21(28)29)24-12-15-10-14(6-8-22-15)19-11-17-18(25-19)7-9-23-20(17)27;1-2(7)3(4,5)6/h2-6,8,10-12,25H,7,9H2,1H3,(H,23,27)(H,28,29);7H,1H2/b24-12+;. The molecule has 0 unspecified atom stereocenters. The van der Waals surface area contributed by atoms with E-state index in [0.717, 1.165) is 29.1 Å². The number of benzene rings is 1. The van der Waals surface area contributed by atoms with E-state index < -0.39 is 17.9 Å². The van der Waals surface area contributed by atoms with Gasteiger partial charge in [-0.1, -0.05) is 6.58 Å². The van der Waals surface area contributed by atoms with Gasteiger partial charge in [-0.15, -0.1) is 0 Å². The van der Waals surface area contributed by atoms with Gasteiger partial charge in [0.2, 0.25) is 0 Å². The maximum Gasteiger partial charge on any atom is 0.448 e. The SMILES string of the molecule is C=C(O)C(F)(F)F.CN(/N=C/c1cc(-c2cc3c([nH]2)CCNC3=O)ccn1)c1ccc(C(=O)O)cc1. The molecule has 1 aliphatic rings. The third-order valence-corrected chi connectivity index (χ3v) is 5.07. The van der Waals surface area contributed by atoms with Crippen LogP contribution in [0.5, 0.6) is 0 Å². The molecule has 12 heteroatoms. The van der Waals surface area contributed by atoms with E-state index in [9.17, 15) is 22.8 Å². The van der Waals surface area contributed by atoms with Gasteiger partial charge in [-0.2, -0.15) is 18.3 Å². The Morgan fingerprint density at radius 2 is 1.86 bits per heavy atom. The van der Waals surface area contributed by atoms with Crippen molar-refractivity contribution >= 4 is 23.8 Å². The molecule has 188 valence electrons. The number of hydrogen-bond acceptors (Lipinski definition) is 6. The lowest BCUT2D eigenvalue weighted by Crippen LogP contribution is -2.31. The molecular weight excluding hydrogens is 479 g/mol. The molecule has 0 saturated heterocycles. The monoisotopic (exact) mass is 501 g/mol. The zero-order valence-corrected chi connectivity index (χ0v) is 19.0. The summed E-state index contributed by atoms with van der Waals surface area (Å²) >= 11 is 0. The van der Waals surface area contributed by atoms with Crippen LogP contribution in [0.2, 0.25) is 0 Å². The van der Waals surface area contributed by atoms with Gasteiger partial charge in [0.05, 0.1) is 28.7 Å². The Morgan fingerprint density at radius 3 is 2.44 bits per heavy atom. The average Bonchev–Trinajstić information content (AvgIpc) is 3.28. The number of pyridine rings is 1. The first kappa shape index (κ1) is 26.0. The summed E-state index contributed by atoms with van der Waals surface area (Å²) in [5, 5.41) is 25.4. The van der Waals surface area contributed by atoms with Crippen LogP contribution in [0.1, 0.15) is 32.1 Å². The minimum Gasteiger partial charge on any atom is -0.505 e. The molecule has 0 fully saturated rings. The number of hydrogen-bond donors (Lipinski definition) is 4. The Morgan fingerprint density at radius 1 is 1.19 bits per heavy atom. The lowest BCUT2D eigenvalue weighted by Gasteiger charge is -2.12. The number of nitrogens with one attached hydrogen (secondary N) is 2. The van der Waals surface area contributed by atoms with Crippen molar-refractivity contribution in [1.29, 1.82) is 0 Å². The van der Waals surface area contributed by atoms with Crippen molar-refractivity contribution in [3.63, 3.8) is 0 Å². The van der Waals surface area contributed by atoms with Crippen molar-refractivity contribution in [1.82, 2.24) is 15.3 Å². The van der Waals surface area contributed by atoms with Crippen LogP contribution in [0.4, 0.5) is 18.9 Å². The zero-order chi connectivity index (χ0) is 26.5. The molecule has 4 N–H and O–H groups in total. The quantitative estimate of drug-likeness (QED) is 0.236. The fraction of sp³-hybridized carbons (Fsp3) is 0.167. The first-order valence-electron chi connectivity index (χ1n) is 10.5. The normalized spacial score (nSPS) is 12.8. The van der Waals surface area contributed by atoms with E-state index in [0.29, 0.717) is 17.8 Å². The second-order valence-electron chi connectivity index (χ2n) is 7.62. The number of aromatic nitrogens is 2. The van der Waals surface area contributed by atoms with Crippen molar-refractivity contribution in [2.24, 2.45) is 5.10 Å². The van der Waals surface area contributed by atoms with Crippen molar-refractivity contribution < 1.29 is 33.0 Å². The lowest BCUT2D eigenvalue weighted by molar-refractivity contribution is -0.119. The lowest BCUT2D eigenvalue weighted by atomic mass is 10.1. The van der Waals surface area contributed by atoms with Crippen LogP contribution >= 0.6 is 0 Å². The largest absolute Gasteiger partial charge is 0.505 e. The number of alkyl halides is 3. The van der Waals surface area contributed by atoms with Crippen LogP contribution in [0, 0.1) is 0 Å². The van der Waals surface area contributed by atoms with Gasteiger partial charge < -0.3 is 20.5 Å². The maximum atomic E-state index is 12.0. The van der Waals surface area contributed by atoms with Gasteiger partial charge in [-0.05, 0) is 42.5 Å². The number of aliphatic hydroxyl groups excluding tert-OH is 1. The van der Waals surface area contributed by atoms with Crippen LogP contribution in [0.3, 0.4) is 0 Å². The zero-order valence-electron chi connectivity index (χ0n) is 19.0. The summed E-state index contributed by atoms with van der Waals surface area (Å²) in [5.41, 5.74) is 5.05. The third-order valence-electron chi connectivity index (χ3n) is 5.07. The summed E-state index contributed by atoms with van der Waals surface area (Å²) in [6.45, 7) is 2.90. The molecule has 2 aromatic heterocycles. The number of carboxylic acids is 1. The Labute approximate surface area is 203 Å². The maximum absolute atomic E-state index is 12.0. The number of amides is 1. The van der Waals surface area contributed by atoms with E-state index in [4.69, 9.17) is 10.2 Å². The number of nitrogens with zero attached hydrogens (tertiary/aromatic N) is 3. The fourth-order valence-electron chi connectivity index (χ4n) is 3.17. The molecule has 1 amide bonds. The minimum atomic E-state index is -4.64. The number of aliphatic hydroxyl groups is 1. The summed E-state index contributed by atoms with van der Waals surface area (Å²) in [5.74, 6) is -2.78. The van der Waals surface area contributed by atoms with Gasteiger partial charge in [0.15, 0.2) is 5.76 Å². The van der Waals surface area contributed by atoms with E-state index in [-0.39, 0.29) is 11.5 Å². The molecule has 0 radical (unpaired) electrons. The molecule has 0 atom stereocenters. The smallest absolute Gasteiger partial charge is 0.448 e. The predicted molar refractivity (Wildman–Crippen MR) is 127 cm³/mol. The van der Waals surface area contributed by atoms with Crippen LogP contribution in [0.15, 0.2) is 66.1 Å². The van der Waals surface area contributed by atoms with Gasteiger partial charge in [-0.25, -0.2) is 4.79 Å². The van der Waals surface area contributed by atoms with Crippen LogP contribution in [0.25, 0.3) is 11.3 Å². The molecule has 3 heterocycles. The first-order chi connectivity index (χ1) is 17.0. The molecule has 1 aromatic carbocycles. The molecule has 9 nitrogen and oxygen atoms in total. The van der Waals surface area contributed by atoms with Gasteiger partial charge >= 0.3 is 12.1 Å². The number of hydrazone groups is 1. The topological polar surface area (TPSA) is 131 Å². The fourth-order valence-corrected chi connectivity index (χ4v) is 3.17. The van der Waals surface area contributed by atoms with Crippen LogP contribution in [-0.2, 0) is 6.42 Å². The van der Waals surface area contributed by atoms with E-state index in [1.165, 1.54) is 12.1 Å². The molecule has 0 spiro atoms. The third kappa shape index (κ3) is 6.50. The molecule has 0 bridgehead atoms. The number of halogens is 3. The molecule has 3 aromatic rings. The molecule has 1 aliphatic heterocycles. The van der Waals surface area contributed by atoms with Gasteiger partial charge in [0.25, 0.3) is 5.91 Å². The summed E-state index contributed by atoms with van der Waals surface area (Å²) < 4.78 is 32.5. The summed E-state index contributed by atoms with van der Waals surface area (Å²) in [7, 11) is 1.77. The Bertz CT molecular complexity index is 1300. The first-order valence-corrected chi connectivity index (χ1v) is 10.5. The number of H-pyrrole nitrogens is 1. The number of fused-ring (bicyclic) bond motifs is 1. The van der Waals surface area contributed by atoms with Crippen molar-refractivity contribution in [3.05, 3.63) is 83.5 Å². The number of carboxylic acid groups (broad SMARTS) is 1. The van der Waals surface area contributed by atoms with E-state index >= 15 is 0 Å². The highest BCUT2D eigenvalue weighted by Gasteiger charge is 2.31. The molecule has 0 saturated carbocycles. The number of rotatable bonds is 5. The number of carbonyl (C=O) groups is 2. The number of allylic oxidation sites excluding steroid dienone is 1. The second-order valence-corrected chi connectivity index (χ2v) is 7.62. The van der Waals surface area contributed by atoms with Crippen LogP contribution in [-0.4, -0.2) is 58.0 Å². The van der Waals surface area contributed by atoms with Crippen LogP contribution < -0.4 is 10.3 Å². The summed E-state index contributed by atoms with van der Waals surface area (Å²) in [4.78, 5) is 30.6. The highest BCUT2D eigenvalue weighted by Crippen LogP contribution is 2.24. The van der Waals surface area contributed by atoms with E-state index in [1.807, 2.05) is 18.2 Å².